The van der Waals surface area contributed by atoms with Crippen molar-refractivity contribution in [2.24, 2.45) is 0 Å². The quantitative estimate of drug-likeness (QED) is 0.634. The lowest BCUT2D eigenvalue weighted by Crippen LogP contribution is -2.37. The van der Waals surface area contributed by atoms with Gasteiger partial charge in [0.1, 0.15) is 0 Å². The molecule has 0 fully saturated rings. The van der Waals surface area contributed by atoms with E-state index in [1.165, 1.54) is 0 Å². The van der Waals surface area contributed by atoms with Gasteiger partial charge in [0.25, 0.3) is 0 Å². The van der Waals surface area contributed by atoms with Gasteiger partial charge in [-0.15, -0.1) is 0 Å². The molecule has 0 saturated carbocycles. The van der Waals surface area contributed by atoms with Crippen molar-refractivity contribution < 1.29 is 9.53 Å². The number of urea groups is 1. The number of rotatable bonds is 6. The molecule has 0 rings (SSSR count). The van der Waals surface area contributed by atoms with Crippen LogP contribution in [0.4, 0.5) is 4.79 Å². The maximum atomic E-state index is 11.2. The fraction of sp³-hybridized carbons (Fsp3) is 0.889. The fourth-order valence-corrected chi connectivity index (χ4v) is 0.792. The van der Waals surface area contributed by atoms with Crippen LogP contribution in [0, 0.1) is 0 Å². The Labute approximate surface area is 80.2 Å². The standard InChI is InChI=1S/C9H20N2O2/c1-4-11(3)9(12)10-7-6-8-13-5-2/h4-8H2,1-3H3,(H,10,12). The first-order chi connectivity index (χ1) is 6.22. The van der Waals surface area contributed by atoms with Crippen molar-refractivity contribution in [3.05, 3.63) is 0 Å². The predicted molar refractivity (Wildman–Crippen MR) is 52.8 cm³/mol. The normalized spacial score (nSPS) is 9.77. The second kappa shape index (κ2) is 7.86. The third kappa shape index (κ3) is 6.40. The van der Waals surface area contributed by atoms with E-state index >= 15 is 0 Å². The molecule has 0 aliphatic heterocycles. The molecule has 0 aromatic carbocycles. The van der Waals surface area contributed by atoms with Crippen LogP contribution in [0.2, 0.25) is 0 Å². The first-order valence-electron chi connectivity index (χ1n) is 4.79. The van der Waals surface area contributed by atoms with Gasteiger partial charge < -0.3 is 15.0 Å². The summed E-state index contributed by atoms with van der Waals surface area (Å²) >= 11 is 0. The Morgan fingerprint density at radius 1 is 1.46 bits per heavy atom. The predicted octanol–water partition coefficient (Wildman–Crippen LogP) is 1.07. The van der Waals surface area contributed by atoms with Gasteiger partial charge >= 0.3 is 6.03 Å². The number of carbonyl (C=O) groups excluding carboxylic acids is 1. The summed E-state index contributed by atoms with van der Waals surface area (Å²) in [5, 5.41) is 2.80. The zero-order valence-electron chi connectivity index (χ0n) is 8.80. The maximum Gasteiger partial charge on any atom is 0.317 e. The highest BCUT2D eigenvalue weighted by Gasteiger charge is 2.03. The topological polar surface area (TPSA) is 41.6 Å². The van der Waals surface area contributed by atoms with Gasteiger partial charge in [-0.3, -0.25) is 0 Å². The SMILES string of the molecule is CCOCCCNC(=O)N(C)CC. The lowest BCUT2D eigenvalue weighted by Gasteiger charge is -2.15. The molecule has 0 unspecified atom stereocenters. The summed E-state index contributed by atoms with van der Waals surface area (Å²) in [6.45, 7) is 6.78. The molecule has 0 heterocycles. The Balaban J connectivity index is 3.27. The van der Waals surface area contributed by atoms with Gasteiger partial charge in [-0.1, -0.05) is 0 Å². The average Bonchev–Trinajstić information content (AvgIpc) is 2.16. The Morgan fingerprint density at radius 3 is 2.69 bits per heavy atom. The van der Waals surface area contributed by atoms with Crippen LogP contribution in [0.5, 0.6) is 0 Å². The second-order valence-electron chi connectivity index (χ2n) is 2.80. The molecule has 0 saturated heterocycles. The number of hydrogen-bond acceptors (Lipinski definition) is 2. The van der Waals surface area contributed by atoms with Crippen LogP contribution in [-0.4, -0.2) is 44.3 Å². The summed E-state index contributed by atoms with van der Waals surface area (Å²) in [5.74, 6) is 0. The van der Waals surface area contributed by atoms with Gasteiger partial charge in [0.2, 0.25) is 0 Å². The second-order valence-corrected chi connectivity index (χ2v) is 2.80. The van der Waals surface area contributed by atoms with Crippen LogP contribution in [0.3, 0.4) is 0 Å². The Bertz CT molecular complexity index is 140. The molecule has 0 bridgehead atoms. The monoisotopic (exact) mass is 188 g/mol. The first-order valence-corrected chi connectivity index (χ1v) is 4.79. The Kier molecular flexibility index (Phi) is 7.39. The molecule has 1 N–H and O–H groups in total. The van der Waals surface area contributed by atoms with E-state index in [0.29, 0.717) is 13.2 Å². The molecular weight excluding hydrogens is 168 g/mol. The van der Waals surface area contributed by atoms with Crippen molar-refractivity contribution in [1.82, 2.24) is 10.2 Å². The largest absolute Gasteiger partial charge is 0.382 e. The molecule has 0 aliphatic rings. The number of hydrogen-bond donors (Lipinski definition) is 1. The fourth-order valence-electron chi connectivity index (χ4n) is 0.792. The third-order valence-electron chi connectivity index (χ3n) is 1.77. The van der Waals surface area contributed by atoms with Crippen molar-refractivity contribution in [2.45, 2.75) is 20.3 Å². The molecule has 0 aromatic rings. The lowest BCUT2D eigenvalue weighted by atomic mass is 10.4. The molecule has 0 aliphatic carbocycles. The van der Waals surface area contributed by atoms with Gasteiger partial charge in [-0.25, -0.2) is 4.79 Å². The van der Waals surface area contributed by atoms with Crippen LogP contribution < -0.4 is 5.32 Å². The number of nitrogens with one attached hydrogen (secondary N) is 1. The smallest absolute Gasteiger partial charge is 0.317 e. The summed E-state index contributed by atoms with van der Waals surface area (Å²) in [6.07, 6.45) is 0.872. The molecule has 4 nitrogen and oxygen atoms in total. The van der Waals surface area contributed by atoms with Gasteiger partial charge in [-0.2, -0.15) is 0 Å². The Morgan fingerprint density at radius 2 is 2.15 bits per heavy atom. The van der Waals surface area contributed by atoms with Crippen LogP contribution in [-0.2, 0) is 4.74 Å². The van der Waals surface area contributed by atoms with E-state index in [1.807, 2.05) is 13.8 Å². The third-order valence-corrected chi connectivity index (χ3v) is 1.77. The minimum atomic E-state index is -0.0148. The number of nitrogens with zero attached hydrogens (tertiary/aromatic N) is 1. The highest BCUT2D eigenvalue weighted by Crippen LogP contribution is 1.84. The van der Waals surface area contributed by atoms with Crippen LogP contribution in [0.15, 0.2) is 0 Å². The molecule has 0 aromatic heterocycles. The highest BCUT2D eigenvalue weighted by atomic mass is 16.5. The Hall–Kier alpha value is -0.770. The van der Waals surface area contributed by atoms with E-state index in [4.69, 9.17) is 4.74 Å². The van der Waals surface area contributed by atoms with Crippen molar-refractivity contribution in [2.75, 3.05) is 33.4 Å². The zero-order chi connectivity index (χ0) is 10.1. The van der Waals surface area contributed by atoms with Crippen molar-refractivity contribution in [3.8, 4) is 0 Å². The molecule has 0 spiro atoms. The number of amides is 2. The van der Waals surface area contributed by atoms with E-state index in [1.54, 1.807) is 11.9 Å². The number of ether oxygens (including phenoxy) is 1. The molecule has 2 amide bonds. The molecular formula is C9H20N2O2. The average molecular weight is 188 g/mol. The van der Waals surface area contributed by atoms with Crippen LogP contribution >= 0.6 is 0 Å². The van der Waals surface area contributed by atoms with Gasteiger partial charge in [-0.05, 0) is 20.3 Å². The van der Waals surface area contributed by atoms with E-state index in [-0.39, 0.29) is 6.03 Å². The van der Waals surface area contributed by atoms with Gasteiger partial charge in [0.05, 0.1) is 0 Å². The minimum absolute atomic E-state index is 0.0148. The molecule has 13 heavy (non-hydrogen) atoms. The van der Waals surface area contributed by atoms with Crippen molar-refractivity contribution in [1.29, 1.82) is 0 Å². The lowest BCUT2D eigenvalue weighted by molar-refractivity contribution is 0.144. The van der Waals surface area contributed by atoms with E-state index in [2.05, 4.69) is 5.32 Å². The summed E-state index contributed by atoms with van der Waals surface area (Å²) in [7, 11) is 1.78. The molecule has 4 heteroatoms. The van der Waals surface area contributed by atoms with Crippen LogP contribution in [0.1, 0.15) is 20.3 Å². The molecule has 0 radical (unpaired) electrons. The first kappa shape index (κ1) is 12.2. The molecule has 78 valence electrons. The summed E-state index contributed by atoms with van der Waals surface area (Å²) in [4.78, 5) is 12.8. The highest BCUT2D eigenvalue weighted by molar-refractivity contribution is 5.73. The zero-order valence-corrected chi connectivity index (χ0v) is 8.80. The summed E-state index contributed by atoms with van der Waals surface area (Å²) in [6, 6.07) is -0.0148. The summed E-state index contributed by atoms with van der Waals surface area (Å²) in [5.41, 5.74) is 0. The number of carbonyl (C=O) groups is 1. The van der Waals surface area contributed by atoms with E-state index in [0.717, 1.165) is 19.6 Å². The van der Waals surface area contributed by atoms with E-state index < -0.39 is 0 Å². The van der Waals surface area contributed by atoms with E-state index in [9.17, 15) is 4.79 Å². The van der Waals surface area contributed by atoms with Gasteiger partial charge in [0.15, 0.2) is 0 Å². The van der Waals surface area contributed by atoms with Gasteiger partial charge in [0, 0.05) is 33.4 Å². The minimum Gasteiger partial charge on any atom is -0.382 e. The summed E-state index contributed by atoms with van der Waals surface area (Å²) < 4.78 is 5.14. The van der Waals surface area contributed by atoms with Crippen molar-refractivity contribution >= 4 is 6.03 Å². The van der Waals surface area contributed by atoms with Crippen molar-refractivity contribution in [3.63, 3.8) is 0 Å². The molecule has 0 atom stereocenters. The maximum absolute atomic E-state index is 11.2. The van der Waals surface area contributed by atoms with Crippen LogP contribution in [0.25, 0.3) is 0 Å².